The van der Waals surface area contributed by atoms with E-state index in [0.29, 0.717) is 12.5 Å². The van der Waals surface area contributed by atoms with E-state index in [1.54, 1.807) is 12.1 Å². The van der Waals surface area contributed by atoms with Gasteiger partial charge in [-0.1, -0.05) is 50.5 Å². The Morgan fingerprint density at radius 3 is 2.21 bits per heavy atom. The highest BCUT2D eigenvalue weighted by Crippen LogP contribution is 2.44. The van der Waals surface area contributed by atoms with Crippen molar-refractivity contribution in [2.45, 2.75) is 77.2 Å². The smallest absolute Gasteiger partial charge is 0.123 e. The van der Waals surface area contributed by atoms with Crippen LogP contribution in [0.25, 0.3) is 0 Å². The summed E-state index contributed by atoms with van der Waals surface area (Å²) in [6.45, 7) is 2.76. The van der Waals surface area contributed by atoms with Crippen molar-refractivity contribution in [3.05, 3.63) is 65.5 Å². The first-order valence-corrected chi connectivity index (χ1v) is 11.7. The fraction of sp³-hybridized carbons (Fsp3) is 0.556. The first kappa shape index (κ1) is 20.4. The number of ether oxygens (including phenoxy) is 1. The largest absolute Gasteiger partial charge is 0.489 e. The fourth-order valence-corrected chi connectivity index (χ4v) is 5.64. The van der Waals surface area contributed by atoms with Gasteiger partial charge in [-0.05, 0) is 97.6 Å². The van der Waals surface area contributed by atoms with Crippen LogP contribution in [0.4, 0.5) is 4.39 Å². The second-order valence-corrected chi connectivity index (χ2v) is 9.29. The van der Waals surface area contributed by atoms with Crippen molar-refractivity contribution >= 4 is 0 Å². The van der Waals surface area contributed by atoms with Crippen molar-refractivity contribution in [2.75, 3.05) is 0 Å². The third kappa shape index (κ3) is 5.41. The van der Waals surface area contributed by atoms with E-state index in [0.717, 1.165) is 29.1 Å². The average Bonchev–Trinajstić information content (AvgIpc) is 2.78. The lowest BCUT2D eigenvalue weighted by molar-refractivity contribution is 0.158. The fourth-order valence-electron chi connectivity index (χ4n) is 5.64. The molecule has 0 heterocycles. The SMILES string of the molecule is CCC1CCC(C2CCC(c3cccc(OCc4cccc(F)c4)c3)CC2)CC1. The minimum absolute atomic E-state index is 0.209. The Balaban J connectivity index is 1.29. The first-order chi connectivity index (χ1) is 14.2. The minimum atomic E-state index is -0.209. The van der Waals surface area contributed by atoms with Crippen molar-refractivity contribution in [1.82, 2.24) is 0 Å². The molecule has 2 aliphatic rings. The summed E-state index contributed by atoms with van der Waals surface area (Å²) in [6, 6.07) is 15.2. The van der Waals surface area contributed by atoms with Crippen molar-refractivity contribution in [1.29, 1.82) is 0 Å². The molecular formula is C27H35FO. The summed E-state index contributed by atoms with van der Waals surface area (Å²) < 4.78 is 19.3. The summed E-state index contributed by atoms with van der Waals surface area (Å²) in [7, 11) is 0. The Bertz CT molecular complexity index is 770. The molecule has 2 saturated carbocycles. The van der Waals surface area contributed by atoms with E-state index in [-0.39, 0.29) is 5.82 Å². The predicted octanol–water partition coefficient (Wildman–Crippen LogP) is 7.89. The van der Waals surface area contributed by atoms with Gasteiger partial charge in [0.1, 0.15) is 18.2 Å². The molecule has 0 radical (unpaired) electrons. The van der Waals surface area contributed by atoms with E-state index < -0.39 is 0 Å². The molecule has 0 bridgehead atoms. The summed E-state index contributed by atoms with van der Waals surface area (Å²) in [5, 5.41) is 0. The van der Waals surface area contributed by atoms with Gasteiger partial charge in [-0.2, -0.15) is 0 Å². The Labute approximate surface area is 175 Å². The highest BCUT2D eigenvalue weighted by Gasteiger charge is 2.30. The second kappa shape index (κ2) is 9.78. The Morgan fingerprint density at radius 1 is 0.828 bits per heavy atom. The van der Waals surface area contributed by atoms with Crippen LogP contribution in [-0.2, 0) is 6.61 Å². The molecule has 4 rings (SSSR count). The maximum Gasteiger partial charge on any atom is 0.123 e. The van der Waals surface area contributed by atoms with Crippen LogP contribution in [0.1, 0.15) is 81.8 Å². The van der Waals surface area contributed by atoms with Crippen LogP contribution in [0, 0.1) is 23.6 Å². The Morgan fingerprint density at radius 2 is 1.52 bits per heavy atom. The second-order valence-electron chi connectivity index (χ2n) is 9.29. The van der Waals surface area contributed by atoms with Crippen LogP contribution in [-0.4, -0.2) is 0 Å². The molecular weight excluding hydrogens is 359 g/mol. The normalized spacial score (nSPS) is 27.5. The van der Waals surface area contributed by atoms with E-state index in [4.69, 9.17) is 4.74 Å². The first-order valence-electron chi connectivity index (χ1n) is 11.7. The highest BCUT2D eigenvalue weighted by atomic mass is 19.1. The van der Waals surface area contributed by atoms with Gasteiger partial charge in [0.05, 0.1) is 0 Å². The molecule has 29 heavy (non-hydrogen) atoms. The standard InChI is InChI=1S/C27H35FO/c1-2-20-9-11-22(12-10-20)23-13-15-24(16-14-23)25-6-4-8-27(18-25)29-19-21-5-3-7-26(28)17-21/h3-8,17-18,20,22-24H,2,9-16,19H2,1H3. The molecule has 0 spiro atoms. The number of halogens is 1. The van der Waals surface area contributed by atoms with Gasteiger partial charge < -0.3 is 4.74 Å². The molecule has 0 aromatic heterocycles. The van der Waals surface area contributed by atoms with E-state index in [2.05, 4.69) is 25.1 Å². The van der Waals surface area contributed by atoms with Gasteiger partial charge in [-0.25, -0.2) is 4.39 Å². The number of rotatable bonds is 6. The number of hydrogen-bond donors (Lipinski definition) is 0. The van der Waals surface area contributed by atoms with Gasteiger partial charge in [0.15, 0.2) is 0 Å². The topological polar surface area (TPSA) is 9.23 Å². The molecule has 2 aliphatic carbocycles. The Hall–Kier alpha value is -1.83. The molecule has 0 amide bonds. The third-order valence-electron chi connectivity index (χ3n) is 7.53. The van der Waals surface area contributed by atoms with Crippen LogP contribution < -0.4 is 4.74 Å². The van der Waals surface area contributed by atoms with Crippen molar-refractivity contribution < 1.29 is 9.13 Å². The van der Waals surface area contributed by atoms with Crippen LogP contribution >= 0.6 is 0 Å². The van der Waals surface area contributed by atoms with Gasteiger partial charge >= 0.3 is 0 Å². The van der Waals surface area contributed by atoms with Crippen molar-refractivity contribution in [2.24, 2.45) is 17.8 Å². The van der Waals surface area contributed by atoms with Gasteiger partial charge in [0.2, 0.25) is 0 Å². The van der Waals surface area contributed by atoms with Crippen LogP contribution in [0.5, 0.6) is 5.75 Å². The summed E-state index contributed by atoms with van der Waals surface area (Å²) in [5.41, 5.74) is 2.28. The van der Waals surface area contributed by atoms with E-state index >= 15 is 0 Å². The molecule has 0 N–H and O–H groups in total. The summed E-state index contributed by atoms with van der Waals surface area (Å²) in [6.07, 6.45) is 12.6. The number of hydrogen-bond acceptors (Lipinski definition) is 1. The molecule has 2 aromatic rings. The van der Waals surface area contributed by atoms with Gasteiger partial charge in [-0.15, -0.1) is 0 Å². The quantitative estimate of drug-likeness (QED) is 0.484. The zero-order valence-electron chi connectivity index (χ0n) is 17.8. The molecule has 0 saturated heterocycles. The summed E-state index contributed by atoms with van der Waals surface area (Å²) >= 11 is 0. The Kier molecular flexibility index (Phi) is 6.90. The third-order valence-corrected chi connectivity index (χ3v) is 7.53. The van der Waals surface area contributed by atoms with Gasteiger partial charge in [0.25, 0.3) is 0 Å². The van der Waals surface area contributed by atoms with E-state index in [1.165, 1.54) is 69.4 Å². The van der Waals surface area contributed by atoms with Crippen LogP contribution in [0.3, 0.4) is 0 Å². The number of benzene rings is 2. The highest BCUT2D eigenvalue weighted by molar-refractivity contribution is 5.31. The minimum Gasteiger partial charge on any atom is -0.489 e. The van der Waals surface area contributed by atoms with Crippen molar-refractivity contribution in [3.63, 3.8) is 0 Å². The molecule has 2 heteroatoms. The molecule has 0 aliphatic heterocycles. The van der Waals surface area contributed by atoms with Gasteiger partial charge in [0, 0.05) is 0 Å². The van der Waals surface area contributed by atoms with Crippen LogP contribution in [0.2, 0.25) is 0 Å². The van der Waals surface area contributed by atoms with Gasteiger partial charge in [-0.3, -0.25) is 0 Å². The summed E-state index contributed by atoms with van der Waals surface area (Å²) in [5.74, 6) is 4.29. The van der Waals surface area contributed by atoms with E-state index in [1.807, 2.05) is 12.1 Å². The average molecular weight is 395 g/mol. The summed E-state index contributed by atoms with van der Waals surface area (Å²) in [4.78, 5) is 0. The molecule has 2 aromatic carbocycles. The molecule has 0 atom stereocenters. The monoisotopic (exact) mass is 394 g/mol. The van der Waals surface area contributed by atoms with E-state index in [9.17, 15) is 4.39 Å². The van der Waals surface area contributed by atoms with Crippen molar-refractivity contribution in [3.8, 4) is 5.75 Å². The maximum atomic E-state index is 13.3. The molecule has 156 valence electrons. The van der Waals surface area contributed by atoms with Crippen LogP contribution in [0.15, 0.2) is 48.5 Å². The molecule has 1 nitrogen and oxygen atoms in total. The zero-order valence-corrected chi connectivity index (χ0v) is 17.8. The predicted molar refractivity (Wildman–Crippen MR) is 118 cm³/mol. The maximum absolute atomic E-state index is 13.3. The molecule has 0 unspecified atom stereocenters. The molecule has 2 fully saturated rings. The zero-order chi connectivity index (χ0) is 20.1. The lowest BCUT2D eigenvalue weighted by Crippen LogP contribution is -2.25. The lowest BCUT2D eigenvalue weighted by Gasteiger charge is -2.38. The lowest BCUT2D eigenvalue weighted by atomic mass is 9.68.